The topological polar surface area (TPSA) is 49.4 Å². The van der Waals surface area contributed by atoms with E-state index in [0.29, 0.717) is 37.8 Å². The van der Waals surface area contributed by atoms with Crippen LogP contribution in [0.1, 0.15) is 63.6 Å². The van der Waals surface area contributed by atoms with Crippen LogP contribution in [0.2, 0.25) is 0 Å². The number of nitrogens with zero attached hydrogens (tertiary/aromatic N) is 1. The molecule has 1 N–H and O–H groups in total. The zero-order chi connectivity index (χ0) is 22.1. The molecule has 0 unspecified atom stereocenters. The van der Waals surface area contributed by atoms with Crippen molar-refractivity contribution in [1.82, 2.24) is 10.2 Å². The standard InChI is InChI=1S/C26H36N2O2/c1-19(2)17-27-26(30)21(5)28(18-23-9-7-6-8-10-23)25(29)16-13-22-11-14-24(15-12-22)20(3)4/h6-12,14-15,19-21H,13,16-18H2,1-5H3,(H,27,30)/t21-/m1/s1. The van der Waals surface area contributed by atoms with Gasteiger partial charge in [-0.1, -0.05) is 82.3 Å². The number of rotatable bonds is 10. The van der Waals surface area contributed by atoms with Crippen LogP contribution in [0.3, 0.4) is 0 Å². The van der Waals surface area contributed by atoms with Crippen molar-refractivity contribution >= 4 is 11.8 Å². The fraction of sp³-hybridized carbons (Fsp3) is 0.462. The van der Waals surface area contributed by atoms with Gasteiger partial charge in [0.05, 0.1) is 0 Å². The average Bonchev–Trinajstić information content (AvgIpc) is 2.74. The summed E-state index contributed by atoms with van der Waals surface area (Å²) in [6.45, 7) is 11.3. The highest BCUT2D eigenvalue weighted by molar-refractivity contribution is 5.87. The molecular weight excluding hydrogens is 372 g/mol. The maximum Gasteiger partial charge on any atom is 0.242 e. The van der Waals surface area contributed by atoms with Crippen molar-refractivity contribution in [2.45, 2.75) is 66.0 Å². The van der Waals surface area contributed by atoms with Gasteiger partial charge in [-0.15, -0.1) is 0 Å². The van der Waals surface area contributed by atoms with Gasteiger partial charge in [-0.05, 0) is 41.9 Å². The Hall–Kier alpha value is -2.62. The molecule has 0 aliphatic heterocycles. The van der Waals surface area contributed by atoms with Crippen LogP contribution in [-0.4, -0.2) is 29.3 Å². The Morgan fingerprint density at radius 2 is 1.50 bits per heavy atom. The summed E-state index contributed by atoms with van der Waals surface area (Å²) >= 11 is 0. The van der Waals surface area contributed by atoms with Crippen molar-refractivity contribution in [1.29, 1.82) is 0 Å². The minimum absolute atomic E-state index is 0.000939. The molecule has 0 spiro atoms. The van der Waals surface area contributed by atoms with Crippen LogP contribution < -0.4 is 5.32 Å². The zero-order valence-electron chi connectivity index (χ0n) is 19.0. The van der Waals surface area contributed by atoms with Crippen LogP contribution in [0.5, 0.6) is 0 Å². The quantitative estimate of drug-likeness (QED) is 0.606. The highest BCUT2D eigenvalue weighted by Gasteiger charge is 2.25. The average molecular weight is 409 g/mol. The van der Waals surface area contributed by atoms with E-state index in [0.717, 1.165) is 11.1 Å². The third-order valence-corrected chi connectivity index (χ3v) is 5.32. The normalized spacial score (nSPS) is 12.1. The van der Waals surface area contributed by atoms with E-state index in [1.807, 2.05) is 37.3 Å². The molecule has 2 aromatic rings. The van der Waals surface area contributed by atoms with Crippen LogP contribution in [-0.2, 0) is 22.6 Å². The summed E-state index contributed by atoms with van der Waals surface area (Å²) in [7, 11) is 0. The molecule has 2 rings (SSSR count). The molecule has 162 valence electrons. The molecular formula is C26H36N2O2. The SMILES string of the molecule is CC(C)CNC(=O)[C@@H](C)N(Cc1ccccc1)C(=O)CCc1ccc(C(C)C)cc1. The van der Waals surface area contributed by atoms with Gasteiger partial charge in [0.2, 0.25) is 11.8 Å². The van der Waals surface area contributed by atoms with Gasteiger partial charge in [0.25, 0.3) is 0 Å². The van der Waals surface area contributed by atoms with Crippen molar-refractivity contribution in [2.24, 2.45) is 5.92 Å². The van der Waals surface area contributed by atoms with E-state index in [2.05, 4.69) is 57.3 Å². The first kappa shape index (κ1) is 23.7. The van der Waals surface area contributed by atoms with Crippen molar-refractivity contribution in [3.05, 3.63) is 71.3 Å². The van der Waals surface area contributed by atoms with Crippen LogP contribution in [0.25, 0.3) is 0 Å². The third-order valence-electron chi connectivity index (χ3n) is 5.32. The fourth-order valence-electron chi connectivity index (χ4n) is 3.28. The summed E-state index contributed by atoms with van der Waals surface area (Å²) in [5.41, 5.74) is 3.46. The molecule has 30 heavy (non-hydrogen) atoms. The number of benzene rings is 2. The first-order valence-corrected chi connectivity index (χ1v) is 11.0. The van der Waals surface area contributed by atoms with E-state index in [-0.39, 0.29) is 11.8 Å². The third kappa shape index (κ3) is 7.33. The van der Waals surface area contributed by atoms with Crippen LogP contribution in [0.4, 0.5) is 0 Å². The monoisotopic (exact) mass is 408 g/mol. The van der Waals surface area contributed by atoms with Gasteiger partial charge in [-0.2, -0.15) is 0 Å². The molecule has 2 aromatic carbocycles. The minimum Gasteiger partial charge on any atom is -0.354 e. The second-order valence-corrected chi connectivity index (χ2v) is 8.72. The summed E-state index contributed by atoms with van der Waals surface area (Å²) in [4.78, 5) is 27.5. The molecule has 4 heteroatoms. The first-order valence-electron chi connectivity index (χ1n) is 11.0. The van der Waals surface area contributed by atoms with Gasteiger partial charge in [-0.3, -0.25) is 9.59 Å². The van der Waals surface area contributed by atoms with Crippen LogP contribution in [0, 0.1) is 5.92 Å². The molecule has 0 bridgehead atoms. The number of hydrogen-bond donors (Lipinski definition) is 1. The van der Waals surface area contributed by atoms with Gasteiger partial charge >= 0.3 is 0 Å². The highest BCUT2D eigenvalue weighted by atomic mass is 16.2. The van der Waals surface area contributed by atoms with Gasteiger partial charge in [0.1, 0.15) is 6.04 Å². The Labute approximate surface area is 181 Å². The zero-order valence-corrected chi connectivity index (χ0v) is 19.0. The van der Waals surface area contributed by atoms with Crippen molar-refractivity contribution in [3.8, 4) is 0 Å². The van der Waals surface area contributed by atoms with Gasteiger partial charge < -0.3 is 10.2 Å². The van der Waals surface area contributed by atoms with Crippen molar-refractivity contribution in [3.63, 3.8) is 0 Å². The van der Waals surface area contributed by atoms with E-state index < -0.39 is 6.04 Å². The second kappa shape index (κ2) is 11.5. The summed E-state index contributed by atoms with van der Waals surface area (Å²) in [5.74, 6) is 0.758. The molecule has 0 saturated carbocycles. The van der Waals surface area contributed by atoms with E-state index in [1.54, 1.807) is 4.90 Å². The van der Waals surface area contributed by atoms with Crippen LogP contribution >= 0.6 is 0 Å². The molecule has 2 amide bonds. The molecule has 4 nitrogen and oxygen atoms in total. The number of amides is 2. The molecule has 0 aliphatic rings. The van der Waals surface area contributed by atoms with E-state index in [9.17, 15) is 9.59 Å². The largest absolute Gasteiger partial charge is 0.354 e. The summed E-state index contributed by atoms with van der Waals surface area (Å²) in [6, 6.07) is 17.8. The van der Waals surface area contributed by atoms with E-state index in [1.165, 1.54) is 5.56 Å². The number of carbonyl (C=O) groups is 2. The highest BCUT2D eigenvalue weighted by Crippen LogP contribution is 2.17. The maximum atomic E-state index is 13.1. The maximum absolute atomic E-state index is 13.1. The molecule has 0 radical (unpaired) electrons. The fourth-order valence-corrected chi connectivity index (χ4v) is 3.28. The number of nitrogens with one attached hydrogen (secondary N) is 1. The Balaban J connectivity index is 2.07. The van der Waals surface area contributed by atoms with Gasteiger partial charge in [0, 0.05) is 19.5 Å². The molecule has 0 heterocycles. The summed E-state index contributed by atoms with van der Waals surface area (Å²) < 4.78 is 0. The van der Waals surface area contributed by atoms with Gasteiger partial charge in [-0.25, -0.2) is 0 Å². The number of aryl methyl sites for hydroxylation is 1. The molecule has 0 aromatic heterocycles. The lowest BCUT2D eigenvalue weighted by molar-refractivity contribution is -0.140. The molecule has 0 fully saturated rings. The Morgan fingerprint density at radius 3 is 2.07 bits per heavy atom. The predicted molar refractivity (Wildman–Crippen MR) is 123 cm³/mol. The van der Waals surface area contributed by atoms with Crippen LogP contribution in [0.15, 0.2) is 54.6 Å². The smallest absolute Gasteiger partial charge is 0.242 e. The van der Waals surface area contributed by atoms with Crippen molar-refractivity contribution in [2.75, 3.05) is 6.54 Å². The summed E-state index contributed by atoms with van der Waals surface area (Å²) in [6.07, 6.45) is 1.05. The first-order chi connectivity index (χ1) is 14.3. The second-order valence-electron chi connectivity index (χ2n) is 8.72. The Kier molecular flexibility index (Phi) is 9.10. The molecule has 0 saturated heterocycles. The lowest BCUT2D eigenvalue weighted by Gasteiger charge is -2.29. The predicted octanol–water partition coefficient (Wildman–Crippen LogP) is 4.93. The lowest BCUT2D eigenvalue weighted by atomic mass is 10.00. The number of carbonyl (C=O) groups excluding carboxylic acids is 2. The van der Waals surface area contributed by atoms with E-state index >= 15 is 0 Å². The van der Waals surface area contributed by atoms with Crippen molar-refractivity contribution < 1.29 is 9.59 Å². The van der Waals surface area contributed by atoms with Gasteiger partial charge in [0.15, 0.2) is 0 Å². The molecule has 0 aliphatic carbocycles. The van der Waals surface area contributed by atoms with E-state index in [4.69, 9.17) is 0 Å². The Morgan fingerprint density at radius 1 is 0.867 bits per heavy atom. The summed E-state index contributed by atoms with van der Waals surface area (Å²) in [5, 5.41) is 2.96. The number of hydrogen-bond acceptors (Lipinski definition) is 2. The minimum atomic E-state index is -0.514. The lowest BCUT2D eigenvalue weighted by Crippen LogP contribution is -2.48. The molecule has 1 atom stereocenters. The Bertz CT molecular complexity index is 798.